The van der Waals surface area contributed by atoms with E-state index in [2.05, 4.69) is 0 Å². The van der Waals surface area contributed by atoms with E-state index in [9.17, 15) is 25.5 Å². The average molecular weight is 401 g/mol. The highest BCUT2D eigenvalue weighted by molar-refractivity contribution is 5.90. The van der Waals surface area contributed by atoms with Gasteiger partial charge in [-0.1, -0.05) is 36.4 Å². The van der Waals surface area contributed by atoms with E-state index in [1.54, 1.807) is 6.07 Å². The van der Waals surface area contributed by atoms with Crippen molar-refractivity contribution in [3.8, 4) is 11.8 Å². The Bertz CT molecular complexity index is 1150. The summed E-state index contributed by atoms with van der Waals surface area (Å²) in [6, 6.07) is 21.2. The van der Waals surface area contributed by atoms with Crippen molar-refractivity contribution < 1.29 is 14.6 Å². The van der Waals surface area contributed by atoms with Gasteiger partial charge in [0.1, 0.15) is 6.61 Å². The molecule has 3 aromatic carbocycles. The van der Waals surface area contributed by atoms with Crippen LogP contribution in [0.5, 0.6) is 5.75 Å². The summed E-state index contributed by atoms with van der Waals surface area (Å²) in [6.45, 7) is 0.184. The third kappa shape index (κ3) is 4.85. The molecule has 0 heterocycles. The molecule has 30 heavy (non-hydrogen) atoms. The van der Waals surface area contributed by atoms with Gasteiger partial charge in [0.25, 0.3) is 5.69 Å². The molecule has 0 unspecified atom stereocenters. The number of nitro groups is 2. The van der Waals surface area contributed by atoms with Gasteiger partial charge in [-0.3, -0.25) is 20.2 Å². The maximum absolute atomic E-state index is 11.5. The Morgan fingerprint density at radius 2 is 1.67 bits per heavy atom. The van der Waals surface area contributed by atoms with Crippen LogP contribution in [-0.4, -0.2) is 9.85 Å². The fourth-order valence-electron chi connectivity index (χ4n) is 2.73. The van der Waals surface area contributed by atoms with Crippen molar-refractivity contribution in [1.82, 2.24) is 0 Å². The predicted octanol–water partition coefficient (Wildman–Crippen LogP) is 5.15. The van der Waals surface area contributed by atoms with Gasteiger partial charge >= 0.3 is 5.69 Å². The Morgan fingerprint density at radius 3 is 2.27 bits per heavy atom. The lowest BCUT2D eigenvalue weighted by Crippen LogP contribution is -1.99. The maximum Gasteiger partial charge on any atom is 0.311 e. The maximum atomic E-state index is 11.5. The molecule has 0 radical (unpaired) electrons. The zero-order valence-corrected chi connectivity index (χ0v) is 15.6. The molecular weight excluding hydrogens is 386 g/mol. The molecule has 3 aromatic rings. The number of allylic oxidation sites excluding steroid dienone is 1. The fraction of sp³-hybridized carbons (Fsp3) is 0.0455. The van der Waals surface area contributed by atoms with Crippen molar-refractivity contribution >= 4 is 23.0 Å². The van der Waals surface area contributed by atoms with Crippen LogP contribution in [0.25, 0.3) is 11.6 Å². The molecule has 0 aliphatic carbocycles. The van der Waals surface area contributed by atoms with Gasteiger partial charge in [0.05, 0.1) is 21.5 Å². The average Bonchev–Trinajstić information content (AvgIpc) is 2.77. The van der Waals surface area contributed by atoms with E-state index in [4.69, 9.17) is 4.74 Å². The van der Waals surface area contributed by atoms with E-state index in [0.717, 1.165) is 5.56 Å². The van der Waals surface area contributed by atoms with Crippen LogP contribution >= 0.6 is 0 Å². The molecule has 8 nitrogen and oxygen atoms in total. The van der Waals surface area contributed by atoms with E-state index < -0.39 is 9.85 Å². The molecular formula is C22H15N3O5. The number of nitro benzene ring substituents is 2. The van der Waals surface area contributed by atoms with Gasteiger partial charge in [-0.05, 0) is 41.0 Å². The van der Waals surface area contributed by atoms with Crippen LogP contribution in [0.1, 0.15) is 16.7 Å². The van der Waals surface area contributed by atoms with Crippen molar-refractivity contribution in [1.29, 1.82) is 5.26 Å². The highest BCUT2D eigenvalue weighted by Crippen LogP contribution is 2.30. The Morgan fingerprint density at radius 1 is 0.967 bits per heavy atom. The number of nitriles is 1. The van der Waals surface area contributed by atoms with Crippen LogP contribution in [0.15, 0.2) is 72.8 Å². The Labute approximate surface area is 171 Å². The van der Waals surface area contributed by atoms with Gasteiger partial charge in [0.15, 0.2) is 5.75 Å². The topological polar surface area (TPSA) is 119 Å². The molecule has 0 aliphatic heterocycles. The molecule has 0 bridgehead atoms. The van der Waals surface area contributed by atoms with Crippen molar-refractivity contribution in [2.75, 3.05) is 0 Å². The van der Waals surface area contributed by atoms with Gasteiger partial charge in [-0.2, -0.15) is 5.26 Å². The number of hydrogen-bond acceptors (Lipinski definition) is 6. The molecule has 0 atom stereocenters. The first-order valence-corrected chi connectivity index (χ1v) is 8.79. The van der Waals surface area contributed by atoms with Crippen molar-refractivity contribution in [3.63, 3.8) is 0 Å². The third-order valence-corrected chi connectivity index (χ3v) is 4.24. The smallest absolute Gasteiger partial charge is 0.311 e. The first-order valence-electron chi connectivity index (χ1n) is 8.79. The summed E-state index contributed by atoms with van der Waals surface area (Å²) in [5.41, 5.74) is 1.68. The standard InChI is InChI=1S/C22H15N3O5/c23-14-19(18-7-9-20(10-8-18)24(26)27)12-17-6-11-22(21(13-17)25(28)29)30-15-16-4-2-1-3-5-16/h1-13H,15H2/b19-12-. The second-order valence-corrected chi connectivity index (χ2v) is 6.23. The van der Waals surface area contributed by atoms with Crippen molar-refractivity contribution in [3.05, 3.63) is 110 Å². The molecule has 0 amide bonds. The number of ether oxygens (including phenoxy) is 1. The van der Waals surface area contributed by atoms with E-state index in [1.807, 2.05) is 36.4 Å². The van der Waals surface area contributed by atoms with Crippen LogP contribution < -0.4 is 4.74 Å². The fourth-order valence-corrected chi connectivity index (χ4v) is 2.73. The summed E-state index contributed by atoms with van der Waals surface area (Å²) in [4.78, 5) is 21.2. The van der Waals surface area contributed by atoms with Crippen molar-refractivity contribution in [2.45, 2.75) is 6.61 Å². The Balaban J connectivity index is 1.87. The van der Waals surface area contributed by atoms with Crippen LogP contribution in [-0.2, 0) is 6.61 Å². The Hall–Kier alpha value is -4.51. The van der Waals surface area contributed by atoms with Gasteiger partial charge in [-0.15, -0.1) is 0 Å². The van der Waals surface area contributed by atoms with Gasteiger partial charge in [0, 0.05) is 18.2 Å². The SMILES string of the molecule is N#C/C(=C/c1ccc(OCc2ccccc2)c([N+](=O)[O-])c1)c1ccc([N+](=O)[O-])cc1. The first kappa shape index (κ1) is 20.2. The number of hydrogen-bond donors (Lipinski definition) is 0. The number of benzene rings is 3. The first-order chi connectivity index (χ1) is 14.5. The Kier molecular flexibility index (Phi) is 6.15. The second-order valence-electron chi connectivity index (χ2n) is 6.23. The predicted molar refractivity (Wildman–Crippen MR) is 110 cm³/mol. The summed E-state index contributed by atoms with van der Waals surface area (Å²) in [5.74, 6) is 0.120. The highest BCUT2D eigenvalue weighted by atomic mass is 16.6. The number of nitrogens with zero attached hydrogens (tertiary/aromatic N) is 3. The van der Waals surface area contributed by atoms with Crippen LogP contribution in [0.2, 0.25) is 0 Å². The van der Waals surface area contributed by atoms with Crippen LogP contribution in [0.3, 0.4) is 0 Å². The van der Waals surface area contributed by atoms with Crippen molar-refractivity contribution in [2.24, 2.45) is 0 Å². The van der Waals surface area contributed by atoms with E-state index in [0.29, 0.717) is 11.1 Å². The lowest BCUT2D eigenvalue weighted by molar-refractivity contribution is -0.386. The molecule has 0 aromatic heterocycles. The quantitative estimate of drug-likeness (QED) is 0.234. The molecule has 0 saturated carbocycles. The molecule has 0 fully saturated rings. The lowest BCUT2D eigenvalue weighted by Gasteiger charge is -2.08. The second kappa shape index (κ2) is 9.12. The van der Waals surface area contributed by atoms with Crippen LogP contribution in [0, 0.1) is 31.6 Å². The largest absolute Gasteiger partial charge is 0.482 e. The van der Waals surface area contributed by atoms with Crippen LogP contribution in [0.4, 0.5) is 11.4 Å². The summed E-state index contributed by atoms with van der Waals surface area (Å²) in [7, 11) is 0. The zero-order valence-electron chi connectivity index (χ0n) is 15.6. The molecule has 0 N–H and O–H groups in total. The molecule has 8 heteroatoms. The summed E-state index contributed by atoms with van der Waals surface area (Å²) < 4.78 is 5.60. The normalized spacial score (nSPS) is 10.8. The highest BCUT2D eigenvalue weighted by Gasteiger charge is 2.16. The molecule has 148 valence electrons. The molecule has 0 saturated heterocycles. The lowest BCUT2D eigenvalue weighted by atomic mass is 10.0. The van der Waals surface area contributed by atoms with E-state index in [1.165, 1.54) is 42.5 Å². The minimum absolute atomic E-state index is 0.0911. The number of rotatable bonds is 7. The van der Waals surface area contributed by atoms with E-state index >= 15 is 0 Å². The van der Waals surface area contributed by atoms with Gasteiger partial charge in [-0.25, -0.2) is 0 Å². The monoisotopic (exact) mass is 401 g/mol. The summed E-state index contributed by atoms with van der Waals surface area (Å²) in [5, 5.41) is 31.7. The summed E-state index contributed by atoms with van der Waals surface area (Å²) in [6.07, 6.45) is 1.48. The molecule has 0 spiro atoms. The van der Waals surface area contributed by atoms with E-state index in [-0.39, 0.29) is 29.3 Å². The summed E-state index contributed by atoms with van der Waals surface area (Å²) >= 11 is 0. The molecule has 0 aliphatic rings. The minimum Gasteiger partial charge on any atom is -0.482 e. The minimum atomic E-state index is -0.546. The van der Waals surface area contributed by atoms with Gasteiger partial charge in [0.2, 0.25) is 0 Å². The zero-order chi connectivity index (χ0) is 21.5. The number of non-ortho nitro benzene ring substituents is 1. The molecule has 3 rings (SSSR count). The van der Waals surface area contributed by atoms with Gasteiger partial charge < -0.3 is 4.74 Å². The third-order valence-electron chi connectivity index (χ3n) is 4.24.